The molecule has 0 radical (unpaired) electrons. The highest BCUT2D eigenvalue weighted by Crippen LogP contribution is 2.35. The first-order valence-corrected chi connectivity index (χ1v) is 7.33. The first-order chi connectivity index (χ1) is 10.1. The Morgan fingerprint density at radius 1 is 0.955 bits per heavy atom. The molecule has 5 heteroatoms. The second-order valence-electron chi connectivity index (χ2n) is 5.54. The number of nitrogens with zero attached hydrogens (tertiary/aromatic N) is 1. The van der Waals surface area contributed by atoms with Gasteiger partial charge in [-0.1, -0.05) is 34.1 Å². The van der Waals surface area contributed by atoms with Crippen LogP contribution in [0.2, 0.25) is 0 Å². The second-order valence-corrected chi connectivity index (χ2v) is 6.46. The van der Waals surface area contributed by atoms with Gasteiger partial charge >= 0.3 is 6.18 Å². The van der Waals surface area contributed by atoms with E-state index in [-0.39, 0.29) is 0 Å². The summed E-state index contributed by atoms with van der Waals surface area (Å²) in [5.41, 5.74) is 0.460. The van der Waals surface area contributed by atoms with Crippen LogP contribution >= 0.6 is 15.9 Å². The number of halogens is 4. The molecule has 0 spiro atoms. The van der Waals surface area contributed by atoms with Gasteiger partial charge in [0.25, 0.3) is 0 Å². The summed E-state index contributed by atoms with van der Waals surface area (Å²) in [7, 11) is 0. The molecule has 114 valence electrons. The molecule has 0 N–H and O–H groups in total. The van der Waals surface area contributed by atoms with Crippen LogP contribution in [0.4, 0.5) is 13.2 Å². The molecule has 0 aliphatic rings. The Morgan fingerprint density at radius 2 is 1.59 bits per heavy atom. The van der Waals surface area contributed by atoms with Gasteiger partial charge in [0.2, 0.25) is 0 Å². The zero-order valence-corrected chi connectivity index (χ0v) is 13.6. The predicted molar refractivity (Wildman–Crippen MR) is 83.2 cm³/mol. The molecule has 0 saturated carbocycles. The van der Waals surface area contributed by atoms with Crippen molar-refractivity contribution in [1.29, 1.82) is 5.26 Å². The number of benzene rings is 2. The minimum absolute atomic E-state index is 0.363. The van der Waals surface area contributed by atoms with Crippen LogP contribution in [-0.4, -0.2) is 0 Å². The molecule has 0 saturated heterocycles. The van der Waals surface area contributed by atoms with Crippen molar-refractivity contribution in [3.63, 3.8) is 0 Å². The maximum atomic E-state index is 12.9. The lowest BCUT2D eigenvalue weighted by Gasteiger charge is -2.17. The summed E-state index contributed by atoms with van der Waals surface area (Å²) in [5, 5.41) is 9.20. The number of hydrogen-bond acceptors (Lipinski definition) is 1. The quantitative estimate of drug-likeness (QED) is 0.644. The fourth-order valence-electron chi connectivity index (χ4n) is 2.07. The molecule has 22 heavy (non-hydrogen) atoms. The lowest BCUT2D eigenvalue weighted by Crippen LogP contribution is -2.13. The number of rotatable bonds is 2. The van der Waals surface area contributed by atoms with Crippen LogP contribution in [-0.2, 0) is 11.6 Å². The van der Waals surface area contributed by atoms with Gasteiger partial charge in [-0.25, -0.2) is 0 Å². The van der Waals surface area contributed by atoms with E-state index in [1.165, 1.54) is 0 Å². The van der Waals surface area contributed by atoms with E-state index in [0.29, 0.717) is 15.6 Å². The van der Waals surface area contributed by atoms with Gasteiger partial charge < -0.3 is 0 Å². The summed E-state index contributed by atoms with van der Waals surface area (Å²) in [6.07, 6.45) is -4.40. The topological polar surface area (TPSA) is 23.8 Å². The van der Waals surface area contributed by atoms with Crippen molar-refractivity contribution in [2.24, 2.45) is 0 Å². The van der Waals surface area contributed by atoms with Gasteiger partial charge in [-0.05, 0) is 54.8 Å². The molecule has 2 aromatic rings. The van der Waals surface area contributed by atoms with E-state index < -0.39 is 17.2 Å². The molecule has 1 nitrogen and oxygen atoms in total. The lowest BCUT2D eigenvalue weighted by molar-refractivity contribution is -0.137. The Balaban J connectivity index is 2.56. The highest BCUT2D eigenvalue weighted by atomic mass is 79.9. The summed E-state index contributed by atoms with van der Waals surface area (Å²) in [5.74, 6) is 0. The summed E-state index contributed by atoms with van der Waals surface area (Å²) in [6.45, 7) is 3.54. The van der Waals surface area contributed by atoms with Gasteiger partial charge in [-0.15, -0.1) is 0 Å². The molecular formula is C17H13BrF3N. The number of alkyl halides is 3. The fraction of sp³-hybridized carbons (Fsp3) is 0.235. The Morgan fingerprint density at radius 3 is 2.18 bits per heavy atom. The molecule has 0 aliphatic heterocycles. The summed E-state index contributed by atoms with van der Waals surface area (Å²) in [4.78, 5) is 0. The molecule has 2 aromatic carbocycles. The van der Waals surface area contributed by atoms with Gasteiger partial charge in [0, 0.05) is 4.47 Å². The Bertz CT molecular complexity index is 742. The molecule has 0 aromatic heterocycles. The predicted octanol–water partition coefficient (Wildman–Crippen LogP) is 5.94. The largest absolute Gasteiger partial charge is 0.416 e. The fourth-order valence-corrected chi connectivity index (χ4v) is 2.57. The van der Waals surface area contributed by atoms with E-state index in [9.17, 15) is 18.4 Å². The van der Waals surface area contributed by atoms with E-state index in [1.807, 2.05) is 0 Å². The first-order valence-electron chi connectivity index (χ1n) is 6.53. The smallest absolute Gasteiger partial charge is 0.197 e. The van der Waals surface area contributed by atoms with Gasteiger partial charge in [-0.3, -0.25) is 0 Å². The number of nitriles is 1. The normalized spacial score (nSPS) is 12.0. The van der Waals surface area contributed by atoms with E-state index in [2.05, 4.69) is 22.0 Å². The molecule has 0 amide bonds. The zero-order chi connectivity index (χ0) is 16.5. The van der Waals surface area contributed by atoms with Crippen LogP contribution < -0.4 is 0 Å². The third-order valence-corrected chi connectivity index (χ3v) is 3.88. The van der Waals surface area contributed by atoms with Crippen LogP contribution in [0.1, 0.15) is 25.0 Å². The molecule has 2 rings (SSSR count). The summed E-state index contributed by atoms with van der Waals surface area (Å²) >= 11 is 3.12. The van der Waals surface area contributed by atoms with Gasteiger partial charge in [-0.2, -0.15) is 18.4 Å². The van der Waals surface area contributed by atoms with E-state index in [1.54, 1.807) is 44.2 Å². The minimum atomic E-state index is -4.40. The van der Waals surface area contributed by atoms with Crippen molar-refractivity contribution in [3.05, 3.63) is 58.1 Å². The van der Waals surface area contributed by atoms with Crippen LogP contribution in [0, 0.1) is 11.3 Å². The van der Waals surface area contributed by atoms with Crippen LogP contribution in [0.5, 0.6) is 0 Å². The van der Waals surface area contributed by atoms with Gasteiger partial charge in [0.15, 0.2) is 0 Å². The average molecular weight is 368 g/mol. The molecule has 0 bridgehead atoms. The maximum Gasteiger partial charge on any atom is 0.416 e. The van der Waals surface area contributed by atoms with Gasteiger partial charge in [0.1, 0.15) is 0 Å². The molecule has 0 heterocycles. The van der Waals surface area contributed by atoms with Gasteiger partial charge in [0.05, 0.1) is 17.0 Å². The Kier molecular flexibility index (Phi) is 4.35. The molecular weight excluding hydrogens is 355 g/mol. The second kappa shape index (κ2) is 5.77. The average Bonchev–Trinajstić information content (AvgIpc) is 2.46. The summed E-state index contributed by atoms with van der Waals surface area (Å²) < 4.78 is 39.1. The molecule has 0 atom stereocenters. The van der Waals surface area contributed by atoms with E-state index in [4.69, 9.17) is 0 Å². The highest BCUT2D eigenvalue weighted by molar-refractivity contribution is 9.10. The minimum Gasteiger partial charge on any atom is -0.197 e. The third kappa shape index (κ3) is 3.50. The molecule has 0 aliphatic carbocycles. The van der Waals surface area contributed by atoms with Crippen LogP contribution in [0.25, 0.3) is 11.1 Å². The van der Waals surface area contributed by atoms with Crippen LogP contribution in [0.3, 0.4) is 0 Å². The lowest BCUT2D eigenvalue weighted by atomic mass is 9.85. The Labute approximate surface area is 135 Å². The van der Waals surface area contributed by atoms with E-state index in [0.717, 1.165) is 17.7 Å². The number of hydrogen-bond donors (Lipinski definition) is 0. The highest BCUT2D eigenvalue weighted by Gasteiger charge is 2.31. The standard InChI is InChI=1S/C17H13BrF3N/c1-16(2,10-22)13-5-3-4-11(6-13)12-7-14(17(19,20)21)9-15(18)8-12/h3-9H,1-2H3. The first kappa shape index (κ1) is 16.6. The van der Waals surface area contributed by atoms with Crippen LogP contribution in [0.15, 0.2) is 46.9 Å². The Hall–Kier alpha value is -1.80. The molecule has 0 unspecified atom stereocenters. The zero-order valence-electron chi connectivity index (χ0n) is 12.0. The summed E-state index contributed by atoms with van der Waals surface area (Å²) in [6, 6.07) is 13.0. The van der Waals surface area contributed by atoms with Crippen molar-refractivity contribution in [2.75, 3.05) is 0 Å². The monoisotopic (exact) mass is 367 g/mol. The van der Waals surface area contributed by atoms with Crippen molar-refractivity contribution in [3.8, 4) is 17.2 Å². The SMILES string of the molecule is CC(C)(C#N)c1cccc(-c2cc(Br)cc(C(F)(F)F)c2)c1. The maximum absolute atomic E-state index is 12.9. The van der Waals surface area contributed by atoms with E-state index >= 15 is 0 Å². The molecule has 0 fully saturated rings. The van der Waals surface area contributed by atoms with Crippen molar-refractivity contribution < 1.29 is 13.2 Å². The van der Waals surface area contributed by atoms with Crippen molar-refractivity contribution >= 4 is 15.9 Å². The van der Waals surface area contributed by atoms with Crippen molar-refractivity contribution in [1.82, 2.24) is 0 Å². The van der Waals surface area contributed by atoms with Crippen molar-refractivity contribution in [2.45, 2.75) is 25.4 Å². The third-order valence-electron chi connectivity index (χ3n) is 3.42.